The third-order valence-electron chi connectivity index (χ3n) is 4.27. The molecule has 27 heavy (non-hydrogen) atoms. The van der Waals surface area contributed by atoms with Crippen LogP contribution in [0.5, 0.6) is 5.75 Å². The topological polar surface area (TPSA) is 84.1 Å². The van der Waals surface area contributed by atoms with Crippen molar-refractivity contribution in [3.8, 4) is 23.1 Å². The second kappa shape index (κ2) is 7.33. The van der Waals surface area contributed by atoms with Gasteiger partial charge in [0.2, 0.25) is 10.0 Å². The quantitative estimate of drug-likeness (QED) is 0.698. The van der Waals surface area contributed by atoms with Crippen LogP contribution in [0.4, 0.5) is 5.69 Å². The summed E-state index contributed by atoms with van der Waals surface area (Å²) in [6.07, 6.45) is 2.00. The van der Waals surface area contributed by atoms with E-state index < -0.39 is 10.0 Å². The summed E-state index contributed by atoms with van der Waals surface area (Å²) in [5.74, 6) is 0.723. The van der Waals surface area contributed by atoms with Gasteiger partial charge in [-0.05, 0) is 30.7 Å². The summed E-state index contributed by atoms with van der Waals surface area (Å²) in [6.45, 7) is 2.80. The third-order valence-corrected chi connectivity index (χ3v) is 4.88. The number of nitriles is 1. The van der Waals surface area contributed by atoms with Gasteiger partial charge in [0.25, 0.3) is 0 Å². The summed E-state index contributed by atoms with van der Waals surface area (Å²) >= 11 is 0. The monoisotopic (exact) mass is 383 g/mol. The van der Waals surface area contributed by atoms with Gasteiger partial charge in [0.1, 0.15) is 11.8 Å². The zero-order valence-corrected chi connectivity index (χ0v) is 16.3. The van der Waals surface area contributed by atoms with Crippen molar-refractivity contribution in [2.75, 3.05) is 18.1 Å². The number of hydrogen-bond donors (Lipinski definition) is 1. The zero-order valence-electron chi connectivity index (χ0n) is 15.5. The third kappa shape index (κ3) is 3.76. The molecule has 0 fully saturated rings. The summed E-state index contributed by atoms with van der Waals surface area (Å²) in [7, 11) is -1.77. The molecule has 0 spiro atoms. The number of hydrogen-bond acceptors (Lipinski definition) is 4. The van der Waals surface area contributed by atoms with Crippen LogP contribution in [0.3, 0.4) is 0 Å². The lowest BCUT2D eigenvalue weighted by Crippen LogP contribution is -2.09. The van der Waals surface area contributed by atoms with E-state index in [0.29, 0.717) is 11.3 Å². The molecule has 6 nitrogen and oxygen atoms in total. The highest BCUT2D eigenvalue weighted by Gasteiger charge is 2.19. The maximum atomic E-state index is 11.6. The molecule has 0 atom stereocenters. The van der Waals surface area contributed by atoms with Crippen LogP contribution in [-0.2, 0) is 16.6 Å². The molecule has 0 aliphatic carbocycles. The van der Waals surface area contributed by atoms with E-state index in [9.17, 15) is 13.7 Å². The number of nitrogens with zero attached hydrogens (tertiary/aromatic N) is 2. The molecule has 0 aliphatic rings. The molecule has 0 radical (unpaired) electrons. The number of methoxy groups -OCH3 is 1. The van der Waals surface area contributed by atoms with Gasteiger partial charge in [-0.25, -0.2) is 8.42 Å². The average Bonchev–Trinajstić information content (AvgIpc) is 2.93. The Kier molecular flexibility index (Phi) is 5.10. The number of sulfonamides is 1. The highest BCUT2D eigenvalue weighted by atomic mass is 32.2. The maximum Gasteiger partial charge on any atom is 0.229 e. The molecular formula is C20H21N3O3S. The Hall–Kier alpha value is -2.98. The predicted molar refractivity (Wildman–Crippen MR) is 107 cm³/mol. The molecule has 3 rings (SSSR count). The molecular weight excluding hydrogens is 362 g/mol. The smallest absolute Gasteiger partial charge is 0.229 e. The Balaban J connectivity index is 2.29. The average molecular weight is 383 g/mol. The van der Waals surface area contributed by atoms with Gasteiger partial charge in [-0.2, -0.15) is 5.26 Å². The summed E-state index contributed by atoms with van der Waals surface area (Å²) in [5, 5.41) is 10.7. The van der Waals surface area contributed by atoms with E-state index in [1.165, 1.54) is 0 Å². The molecule has 0 bridgehead atoms. The molecule has 0 saturated carbocycles. The number of aryl methyl sites for hydroxylation is 1. The highest BCUT2D eigenvalue weighted by Crippen LogP contribution is 2.36. The fraction of sp³-hybridized carbons (Fsp3) is 0.250. The number of rotatable bonds is 6. The van der Waals surface area contributed by atoms with Crippen molar-refractivity contribution < 1.29 is 13.2 Å². The van der Waals surface area contributed by atoms with Crippen LogP contribution in [0.2, 0.25) is 0 Å². The molecule has 3 aromatic rings. The number of anilines is 1. The summed E-state index contributed by atoms with van der Waals surface area (Å²) in [5.41, 5.74) is 3.51. The largest absolute Gasteiger partial charge is 0.497 e. The first-order valence-corrected chi connectivity index (χ1v) is 10.5. The Morgan fingerprint density at radius 2 is 2.00 bits per heavy atom. The number of nitrogens with one attached hydrogen (secondary N) is 1. The first-order chi connectivity index (χ1) is 12.9. The van der Waals surface area contributed by atoms with Gasteiger partial charge < -0.3 is 9.30 Å². The van der Waals surface area contributed by atoms with Gasteiger partial charge in [-0.3, -0.25) is 4.72 Å². The van der Waals surface area contributed by atoms with Gasteiger partial charge in [0, 0.05) is 29.2 Å². The zero-order chi connectivity index (χ0) is 19.6. The molecule has 0 unspecified atom stereocenters. The van der Waals surface area contributed by atoms with E-state index in [2.05, 4.69) is 22.3 Å². The van der Waals surface area contributed by atoms with Crippen molar-refractivity contribution in [1.82, 2.24) is 4.57 Å². The summed E-state index contributed by atoms with van der Waals surface area (Å²) < 4.78 is 33.1. The van der Waals surface area contributed by atoms with Crippen LogP contribution in [-0.4, -0.2) is 26.4 Å². The SMILES string of the molecule is CCCn1c(-c2cccc(NS(C)(=O)=O)c2)c(C#N)c2ccc(OC)cc21. The van der Waals surface area contributed by atoms with Crippen LogP contribution < -0.4 is 9.46 Å². The second-order valence-corrected chi connectivity index (χ2v) is 8.07. The van der Waals surface area contributed by atoms with Crippen LogP contribution in [0, 0.1) is 11.3 Å². The predicted octanol–water partition coefficient (Wildman–Crippen LogP) is 3.97. The van der Waals surface area contributed by atoms with E-state index >= 15 is 0 Å². The van der Waals surface area contributed by atoms with E-state index in [4.69, 9.17) is 4.74 Å². The van der Waals surface area contributed by atoms with Gasteiger partial charge in [0.05, 0.1) is 30.1 Å². The first kappa shape index (κ1) is 18.8. The van der Waals surface area contributed by atoms with Crippen molar-refractivity contribution in [3.63, 3.8) is 0 Å². The Morgan fingerprint density at radius 1 is 1.22 bits per heavy atom. The van der Waals surface area contributed by atoms with Crippen molar-refractivity contribution in [2.45, 2.75) is 19.9 Å². The Morgan fingerprint density at radius 3 is 2.63 bits per heavy atom. The lowest BCUT2D eigenvalue weighted by atomic mass is 10.1. The van der Waals surface area contributed by atoms with Crippen LogP contribution >= 0.6 is 0 Å². The van der Waals surface area contributed by atoms with Gasteiger partial charge in [-0.1, -0.05) is 19.1 Å². The highest BCUT2D eigenvalue weighted by molar-refractivity contribution is 7.92. The van der Waals surface area contributed by atoms with Gasteiger partial charge in [0.15, 0.2) is 0 Å². The molecule has 0 aliphatic heterocycles. The molecule has 1 aromatic heterocycles. The first-order valence-electron chi connectivity index (χ1n) is 8.56. The van der Waals surface area contributed by atoms with Crippen molar-refractivity contribution in [2.24, 2.45) is 0 Å². The molecule has 0 amide bonds. The molecule has 140 valence electrons. The molecule has 7 heteroatoms. The normalized spacial score (nSPS) is 11.3. The Bertz CT molecular complexity index is 1140. The Labute approximate surface area is 159 Å². The fourth-order valence-corrected chi connectivity index (χ4v) is 3.82. The molecule has 0 saturated heterocycles. The van der Waals surface area contributed by atoms with Crippen molar-refractivity contribution >= 4 is 26.6 Å². The van der Waals surface area contributed by atoms with Crippen LogP contribution in [0.1, 0.15) is 18.9 Å². The van der Waals surface area contributed by atoms with E-state index in [1.807, 2.05) is 24.3 Å². The number of benzene rings is 2. The summed E-state index contributed by atoms with van der Waals surface area (Å²) in [4.78, 5) is 0. The molecule has 2 aromatic carbocycles. The standard InChI is InChI=1S/C20H21N3O3S/c1-4-10-23-19-12-16(26-2)8-9-17(19)18(13-21)20(23)14-6-5-7-15(11-14)22-27(3,24)25/h5-9,11-12,22H,4,10H2,1-3H3. The summed E-state index contributed by atoms with van der Waals surface area (Å²) in [6, 6.07) is 15.1. The minimum absolute atomic E-state index is 0.463. The molecule has 1 heterocycles. The minimum atomic E-state index is -3.38. The van der Waals surface area contributed by atoms with E-state index in [-0.39, 0.29) is 0 Å². The van der Waals surface area contributed by atoms with E-state index in [1.54, 1.807) is 25.3 Å². The number of fused-ring (bicyclic) bond motifs is 1. The van der Waals surface area contributed by atoms with Crippen LogP contribution in [0.25, 0.3) is 22.2 Å². The van der Waals surface area contributed by atoms with Crippen molar-refractivity contribution in [3.05, 3.63) is 48.0 Å². The molecule has 1 N–H and O–H groups in total. The van der Waals surface area contributed by atoms with Crippen LogP contribution in [0.15, 0.2) is 42.5 Å². The lowest BCUT2D eigenvalue weighted by molar-refractivity contribution is 0.415. The maximum absolute atomic E-state index is 11.6. The minimum Gasteiger partial charge on any atom is -0.497 e. The number of aromatic nitrogens is 1. The fourth-order valence-electron chi connectivity index (χ4n) is 3.27. The van der Waals surface area contributed by atoms with Gasteiger partial charge in [-0.15, -0.1) is 0 Å². The van der Waals surface area contributed by atoms with Crippen molar-refractivity contribution in [1.29, 1.82) is 5.26 Å². The lowest BCUT2D eigenvalue weighted by Gasteiger charge is -2.12. The second-order valence-electron chi connectivity index (χ2n) is 6.33. The number of ether oxygens (including phenoxy) is 1. The van der Waals surface area contributed by atoms with E-state index in [0.717, 1.165) is 47.1 Å². The van der Waals surface area contributed by atoms with Gasteiger partial charge >= 0.3 is 0 Å².